The lowest BCUT2D eigenvalue weighted by molar-refractivity contribution is -0.127. The Morgan fingerprint density at radius 3 is 3.00 bits per heavy atom. The minimum Gasteiger partial charge on any atom is -0.373 e. The molecule has 0 saturated carbocycles. The molecule has 0 aliphatic carbocycles. The van der Waals surface area contributed by atoms with Gasteiger partial charge in [0.1, 0.15) is 0 Å². The van der Waals surface area contributed by atoms with E-state index in [1.807, 2.05) is 6.92 Å². The second-order valence-corrected chi connectivity index (χ2v) is 6.45. The summed E-state index contributed by atoms with van der Waals surface area (Å²) < 4.78 is 5.89. The molecule has 3 heterocycles. The summed E-state index contributed by atoms with van der Waals surface area (Å²) in [6.07, 6.45) is 2.70. The number of fused-ring (bicyclic) bond motifs is 1. The van der Waals surface area contributed by atoms with Crippen molar-refractivity contribution in [2.75, 3.05) is 52.4 Å². The summed E-state index contributed by atoms with van der Waals surface area (Å²) in [7, 11) is 0. The number of piperazine rings is 1. The second kappa shape index (κ2) is 7.05. The van der Waals surface area contributed by atoms with Gasteiger partial charge in [-0.1, -0.05) is 0 Å². The van der Waals surface area contributed by atoms with Crippen LogP contribution in [0.5, 0.6) is 0 Å². The Bertz CT molecular complexity index is 360. The SMILES string of the molecule is CC(C(=O)NCC1CN2CCCC2CO1)N1CCNCC1. The summed E-state index contributed by atoms with van der Waals surface area (Å²) in [6.45, 7) is 9.46. The summed E-state index contributed by atoms with van der Waals surface area (Å²) in [5.41, 5.74) is 0. The molecule has 0 radical (unpaired) electrons. The first-order chi connectivity index (χ1) is 10.2. The van der Waals surface area contributed by atoms with Crippen LogP contribution in [0, 0.1) is 0 Å². The molecule has 3 aliphatic heterocycles. The fourth-order valence-corrected chi connectivity index (χ4v) is 3.61. The average molecular weight is 296 g/mol. The topological polar surface area (TPSA) is 56.8 Å². The van der Waals surface area contributed by atoms with E-state index in [1.165, 1.54) is 19.4 Å². The van der Waals surface area contributed by atoms with Crippen LogP contribution in [0.25, 0.3) is 0 Å². The molecule has 21 heavy (non-hydrogen) atoms. The van der Waals surface area contributed by atoms with E-state index < -0.39 is 0 Å². The molecule has 3 aliphatic rings. The zero-order valence-electron chi connectivity index (χ0n) is 13.0. The molecule has 120 valence electrons. The Labute approximate surface area is 127 Å². The molecule has 3 fully saturated rings. The smallest absolute Gasteiger partial charge is 0.237 e. The molecule has 3 unspecified atom stereocenters. The van der Waals surface area contributed by atoms with Crippen LogP contribution in [0.15, 0.2) is 0 Å². The minimum atomic E-state index is -0.0461. The molecule has 6 heteroatoms. The number of nitrogens with zero attached hydrogens (tertiary/aromatic N) is 2. The van der Waals surface area contributed by atoms with Gasteiger partial charge in [-0.25, -0.2) is 0 Å². The molecule has 0 aromatic carbocycles. The maximum atomic E-state index is 12.3. The number of morpholine rings is 1. The highest BCUT2D eigenvalue weighted by Gasteiger charge is 2.32. The van der Waals surface area contributed by atoms with Crippen molar-refractivity contribution in [2.45, 2.75) is 38.0 Å². The highest BCUT2D eigenvalue weighted by Crippen LogP contribution is 2.22. The number of hydrogen-bond acceptors (Lipinski definition) is 5. The lowest BCUT2D eigenvalue weighted by Gasteiger charge is -2.36. The maximum absolute atomic E-state index is 12.3. The van der Waals surface area contributed by atoms with Crippen LogP contribution in [0.1, 0.15) is 19.8 Å². The fourth-order valence-electron chi connectivity index (χ4n) is 3.61. The molecule has 0 bridgehead atoms. The first-order valence-corrected chi connectivity index (χ1v) is 8.32. The molecule has 2 N–H and O–H groups in total. The monoisotopic (exact) mass is 296 g/mol. The van der Waals surface area contributed by atoms with Crippen molar-refractivity contribution in [1.82, 2.24) is 20.4 Å². The van der Waals surface area contributed by atoms with Crippen LogP contribution in [0.4, 0.5) is 0 Å². The van der Waals surface area contributed by atoms with Crippen molar-refractivity contribution < 1.29 is 9.53 Å². The summed E-state index contributed by atoms with van der Waals surface area (Å²) in [5.74, 6) is 0.129. The molecule has 6 nitrogen and oxygen atoms in total. The van der Waals surface area contributed by atoms with Crippen molar-refractivity contribution in [2.24, 2.45) is 0 Å². The number of carbonyl (C=O) groups excluding carboxylic acids is 1. The van der Waals surface area contributed by atoms with Crippen molar-refractivity contribution in [3.05, 3.63) is 0 Å². The number of carbonyl (C=O) groups is 1. The molecule has 1 amide bonds. The number of ether oxygens (including phenoxy) is 1. The summed E-state index contributed by atoms with van der Waals surface area (Å²) in [5, 5.41) is 6.39. The molecule has 0 aromatic rings. The fraction of sp³-hybridized carbons (Fsp3) is 0.933. The molecule has 0 aromatic heterocycles. The normalized spacial score (nSPS) is 32.6. The molecule has 3 rings (SSSR count). The average Bonchev–Trinajstić information content (AvgIpc) is 3.00. The van der Waals surface area contributed by atoms with Crippen molar-refractivity contribution in [3.63, 3.8) is 0 Å². The Balaban J connectivity index is 1.40. The van der Waals surface area contributed by atoms with E-state index in [4.69, 9.17) is 4.74 Å². The lowest BCUT2D eigenvalue weighted by Crippen LogP contribution is -2.55. The molecular formula is C15H28N4O2. The molecule has 3 saturated heterocycles. The first kappa shape index (κ1) is 15.2. The highest BCUT2D eigenvalue weighted by molar-refractivity contribution is 5.81. The minimum absolute atomic E-state index is 0.0461. The van der Waals surface area contributed by atoms with Gasteiger partial charge in [-0.2, -0.15) is 0 Å². The lowest BCUT2D eigenvalue weighted by atomic mass is 10.2. The Kier molecular flexibility index (Phi) is 5.11. The molecular weight excluding hydrogens is 268 g/mol. The van der Waals surface area contributed by atoms with E-state index in [0.29, 0.717) is 12.6 Å². The molecule has 3 atom stereocenters. The number of nitrogens with one attached hydrogen (secondary N) is 2. The third-order valence-electron chi connectivity index (χ3n) is 5.04. The third kappa shape index (κ3) is 3.74. The summed E-state index contributed by atoms with van der Waals surface area (Å²) >= 11 is 0. The van der Waals surface area contributed by atoms with E-state index in [2.05, 4.69) is 20.4 Å². The Morgan fingerprint density at radius 1 is 1.38 bits per heavy atom. The Morgan fingerprint density at radius 2 is 2.19 bits per heavy atom. The van der Waals surface area contributed by atoms with Crippen LogP contribution in [-0.2, 0) is 9.53 Å². The second-order valence-electron chi connectivity index (χ2n) is 6.45. The summed E-state index contributed by atoms with van der Waals surface area (Å²) in [6, 6.07) is 0.576. The largest absolute Gasteiger partial charge is 0.373 e. The van der Waals surface area contributed by atoms with E-state index in [0.717, 1.165) is 39.3 Å². The van der Waals surface area contributed by atoms with Gasteiger partial charge in [-0.05, 0) is 26.3 Å². The molecule has 0 spiro atoms. The van der Waals surface area contributed by atoms with Crippen LogP contribution < -0.4 is 10.6 Å². The van der Waals surface area contributed by atoms with E-state index in [-0.39, 0.29) is 18.1 Å². The van der Waals surface area contributed by atoms with Crippen molar-refractivity contribution >= 4 is 5.91 Å². The predicted octanol–water partition coefficient (Wildman–Crippen LogP) is -0.740. The van der Waals surface area contributed by atoms with Gasteiger partial charge in [0.25, 0.3) is 0 Å². The van der Waals surface area contributed by atoms with E-state index >= 15 is 0 Å². The van der Waals surface area contributed by atoms with Gasteiger partial charge in [0, 0.05) is 45.3 Å². The van der Waals surface area contributed by atoms with Gasteiger partial charge < -0.3 is 15.4 Å². The van der Waals surface area contributed by atoms with E-state index in [1.54, 1.807) is 0 Å². The standard InChI is InChI=1S/C15H28N4O2/c1-12(18-7-4-16-5-8-18)15(20)17-9-14-10-19-6-2-3-13(19)11-21-14/h12-14,16H,2-11H2,1H3,(H,17,20). The predicted molar refractivity (Wildman–Crippen MR) is 81.2 cm³/mol. The Hall–Kier alpha value is -0.690. The first-order valence-electron chi connectivity index (χ1n) is 8.32. The summed E-state index contributed by atoms with van der Waals surface area (Å²) in [4.78, 5) is 17.0. The quantitative estimate of drug-likeness (QED) is 0.716. The van der Waals surface area contributed by atoms with Gasteiger partial charge in [-0.15, -0.1) is 0 Å². The van der Waals surface area contributed by atoms with Crippen LogP contribution >= 0.6 is 0 Å². The van der Waals surface area contributed by atoms with Gasteiger partial charge >= 0.3 is 0 Å². The van der Waals surface area contributed by atoms with Gasteiger partial charge in [-0.3, -0.25) is 14.6 Å². The van der Waals surface area contributed by atoms with Crippen LogP contribution in [-0.4, -0.2) is 86.3 Å². The van der Waals surface area contributed by atoms with Gasteiger partial charge in [0.05, 0.1) is 18.8 Å². The van der Waals surface area contributed by atoms with Crippen molar-refractivity contribution in [1.29, 1.82) is 0 Å². The van der Waals surface area contributed by atoms with Crippen molar-refractivity contribution in [3.8, 4) is 0 Å². The third-order valence-corrected chi connectivity index (χ3v) is 5.04. The van der Waals surface area contributed by atoms with Crippen LogP contribution in [0.2, 0.25) is 0 Å². The van der Waals surface area contributed by atoms with Crippen LogP contribution in [0.3, 0.4) is 0 Å². The number of amides is 1. The van der Waals surface area contributed by atoms with E-state index in [9.17, 15) is 4.79 Å². The number of rotatable bonds is 4. The number of hydrogen-bond donors (Lipinski definition) is 2. The van der Waals surface area contributed by atoms with Gasteiger partial charge in [0.15, 0.2) is 0 Å². The zero-order chi connectivity index (χ0) is 14.7. The zero-order valence-corrected chi connectivity index (χ0v) is 13.0. The maximum Gasteiger partial charge on any atom is 0.237 e. The van der Waals surface area contributed by atoms with Gasteiger partial charge in [0.2, 0.25) is 5.91 Å². The highest BCUT2D eigenvalue weighted by atomic mass is 16.5.